The van der Waals surface area contributed by atoms with Gasteiger partial charge in [-0.05, 0) is 43.2 Å². The number of halogens is 2. The molecule has 0 saturated carbocycles. The molecule has 1 atom stereocenters. The summed E-state index contributed by atoms with van der Waals surface area (Å²) in [6.07, 6.45) is 1.42. The quantitative estimate of drug-likeness (QED) is 0.909. The first kappa shape index (κ1) is 14.5. The van der Waals surface area contributed by atoms with E-state index in [4.69, 9.17) is 5.14 Å². The predicted molar refractivity (Wildman–Crippen MR) is 74.5 cm³/mol. The van der Waals surface area contributed by atoms with E-state index >= 15 is 0 Å². The minimum atomic E-state index is -1.56. The summed E-state index contributed by atoms with van der Waals surface area (Å²) in [5.74, 6) is 0. The van der Waals surface area contributed by atoms with Crippen LogP contribution in [0.5, 0.6) is 0 Å². The molecule has 2 nitrogen and oxygen atoms in total. The van der Waals surface area contributed by atoms with Crippen molar-refractivity contribution in [2.75, 3.05) is 6.67 Å². The highest BCUT2D eigenvalue weighted by Crippen LogP contribution is 2.31. The Labute approximate surface area is 112 Å². The SMILES string of the molecule is CC(C)(C(=CCF)c1cccc(Br)c1)S(N)=O. The second-order valence-electron chi connectivity index (χ2n) is 4.09. The van der Waals surface area contributed by atoms with Crippen molar-refractivity contribution in [2.24, 2.45) is 5.14 Å². The molecule has 0 aliphatic rings. The van der Waals surface area contributed by atoms with E-state index in [-0.39, 0.29) is 0 Å². The Hall–Kier alpha value is -0.520. The van der Waals surface area contributed by atoms with Crippen LogP contribution in [0.2, 0.25) is 0 Å². The average Bonchev–Trinajstić information content (AvgIpc) is 2.25. The van der Waals surface area contributed by atoms with Crippen molar-refractivity contribution in [1.29, 1.82) is 0 Å². The Balaban J connectivity index is 3.29. The van der Waals surface area contributed by atoms with Gasteiger partial charge in [0.15, 0.2) is 0 Å². The van der Waals surface area contributed by atoms with Gasteiger partial charge in [0.25, 0.3) is 0 Å². The van der Waals surface area contributed by atoms with Crippen molar-refractivity contribution in [3.8, 4) is 0 Å². The molecule has 17 heavy (non-hydrogen) atoms. The van der Waals surface area contributed by atoms with Crippen LogP contribution in [0.25, 0.3) is 5.57 Å². The number of benzene rings is 1. The second-order valence-corrected chi connectivity index (χ2v) is 6.62. The molecule has 0 amide bonds. The highest BCUT2D eigenvalue weighted by atomic mass is 79.9. The zero-order valence-electron chi connectivity index (χ0n) is 9.74. The van der Waals surface area contributed by atoms with Crippen LogP contribution in [-0.2, 0) is 11.0 Å². The summed E-state index contributed by atoms with van der Waals surface area (Å²) in [5, 5.41) is 5.47. The van der Waals surface area contributed by atoms with E-state index in [1.54, 1.807) is 13.8 Å². The minimum absolute atomic E-state index is 0.609. The third kappa shape index (κ3) is 3.47. The largest absolute Gasteiger partial charge is 0.251 e. The predicted octanol–water partition coefficient (Wildman–Crippen LogP) is 3.20. The molecule has 0 saturated heterocycles. The van der Waals surface area contributed by atoms with Crippen LogP contribution in [0.3, 0.4) is 0 Å². The highest BCUT2D eigenvalue weighted by Gasteiger charge is 2.29. The molecule has 5 heteroatoms. The van der Waals surface area contributed by atoms with Crippen LogP contribution in [0.4, 0.5) is 4.39 Å². The van der Waals surface area contributed by atoms with E-state index in [1.165, 1.54) is 6.08 Å². The van der Waals surface area contributed by atoms with E-state index in [9.17, 15) is 8.60 Å². The smallest absolute Gasteiger partial charge is 0.108 e. The van der Waals surface area contributed by atoms with Crippen LogP contribution in [0, 0.1) is 0 Å². The van der Waals surface area contributed by atoms with Crippen molar-refractivity contribution < 1.29 is 8.60 Å². The van der Waals surface area contributed by atoms with E-state index in [1.807, 2.05) is 24.3 Å². The lowest BCUT2D eigenvalue weighted by molar-refractivity contribution is 0.561. The van der Waals surface area contributed by atoms with Gasteiger partial charge >= 0.3 is 0 Å². The molecule has 0 heterocycles. The number of alkyl halides is 1. The lowest BCUT2D eigenvalue weighted by Crippen LogP contribution is -2.33. The Morgan fingerprint density at radius 2 is 2.24 bits per heavy atom. The molecule has 0 bridgehead atoms. The zero-order chi connectivity index (χ0) is 13.1. The Morgan fingerprint density at radius 1 is 1.59 bits per heavy atom. The molecule has 0 fully saturated rings. The van der Waals surface area contributed by atoms with Gasteiger partial charge in [0, 0.05) is 4.47 Å². The van der Waals surface area contributed by atoms with Gasteiger partial charge < -0.3 is 0 Å². The van der Waals surface area contributed by atoms with Crippen molar-refractivity contribution in [3.05, 3.63) is 40.4 Å². The molecular weight excluding hydrogens is 305 g/mol. The Bertz CT molecular complexity index is 460. The number of allylic oxidation sites excluding steroid dienone is 1. The summed E-state index contributed by atoms with van der Waals surface area (Å²) in [6.45, 7) is 2.87. The molecule has 0 spiro atoms. The van der Waals surface area contributed by atoms with Gasteiger partial charge in [0.1, 0.15) is 6.67 Å². The lowest BCUT2D eigenvalue weighted by atomic mass is 9.94. The van der Waals surface area contributed by atoms with Gasteiger partial charge in [-0.15, -0.1) is 0 Å². The van der Waals surface area contributed by atoms with Crippen molar-refractivity contribution in [2.45, 2.75) is 18.6 Å². The fraction of sp³-hybridized carbons (Fsp3) is 0.333. The molecule has 94 valence electrons. The normalized spacial score (nSPS) is 14.8. The number of rotatable bonds is 4. The molecule has 0 radical (unpaired) electrons. The fourth-order valence-corrected chi connectivity index (χ4v) is 2.37. The summed E-state index contributed by atoms with van der Waals surface area (Å²) in [4.78, 5) is 0. The minimum Gasteiger partial charge on any atom is -0.251 e. The van der Waals surface area contributed by atoms with E-state index in [2.05, 4.69) is 15.9 Å². The summed E-state index contributed by atoms with van der Waals surface area (Å²) in [6, 6.07) is 7.43. The van der Waals surface area contributed by atoms with Crippen molar-refractivity contribution in [1.82, 2.24) is 0 Å². The molecule has 1 unspecified atom stereocenters. The average molecular weight is 320 g/mol. The van der Waals surface area contributed by atoms with E-state index < -0.39 is 22.4 Å². The number of nitrogens with two attached hydrogens (primary N) is 1. The first-order valence-corrected chi connectivity index (χ1v) is 7.09. The van der Waals surface area contributed by atoms with Crippen LogP contribution in [0.1, 0.15) is 19.4 Å². The Morgan fingerprint density at radius 3 is 2.71 bits per heavy atom. The van der Waals surface area contributed by atoms with Crippen LogP contribution in [-0.4, -0.2) is 15.6 Å². The number of hydrogen-bond acceptors (Lipinski definition) is 1. The maximum absolute atomic E-state index is 12.6. The molecule has 0 aliphatic heterocycles. The van der Waals surface area contributed by atoms with Gasteiger partial charge in [-0.3, -0.25) is 5.14 Å². The van der Waals surface area contributed by atoms with Crippen LogP contribution < -0.4 is 5.14 Å². The summed E-state index contributed by atoms with van der Waals surface area (Å²) in [5.41, 5.74) is 1.47. The first-order chi connectivity index (χ1) is 7.89. The van der Waals surface area contributed by atoms with E-state index in [0.29, 0.717) is 5.57 Å². The third-order valence-corrected chi connectivity index (χ3v) is 4.29. The van der Waals surface area contributed by atoms with Gasteiger partial charge in [-0.1, -0.05) is 28.1 Å². The fourth-order valence-electron chi connectivity index (χ4n) is 1.55. The van der Waals surface area contributed by atoms with Crippen LogP contribution >= 0.6 is 15.9 Å². The van der Waals surface area contributed by atoms with Crippen LogP contribution in [0.15, 0.2) is 34.8 Å². The second kappa shape index (κ2) is 5.89. The van der Waals surface area contributed by atoms with E-state index in [0.717, 1.165) is 10.0 Å². The van der Waals surface area contributed by atoms with Crippen molar-refractivity contribution >= 4 is 32.5 Å². The molecule has 1 aromatic rings. The van der Waals surface area contributed by atoms with Crippen molar-refractivity contribution in [3.63, 3.8) is 0 Å². The molecule has 1 aromatic carbocycles. The molecule has 0 aromatic heterocycles. The van der Waals surface area contributed by atoms with Gasteiger partial charge in [-0.25, -0.2) is 8.60 Å². The molecule has 2 N–H and O–H groups in total. The molecule has 0 aliphatic carbocycles. The topological polar surface area (TPSA) is 43.1 Å². The summed E-state index contributed by atoms with van der Waals surface area (Å²) < 4.78 is 24.3. The lowest BCUT2D eigenvalue weighted by Gasteiger charge is -2.25. The van der Waals surface area contributed by atoms with Gasteiger partial charge in [-0.2, -0.15) is 0 Å². The highest BCUT2D eigenvalue weighted by molar-refractivity contribution is 9.10. The first-order valence-electron chi connectivity index (χ1n) is 5.08. The summed E-state index contributed by atoms with van der Waals surface area (Å²) in [7, 11) is -1.56. The molecular formula is C12H15BrFNOS. The monoisotopic (exact) mass is 319 g/mol. The summed E-state index contributed by atoms with van der Waals surface area (Å²) >= 11 is 3.36. The number of hydrogen-bond donors (Lipinski definition) is 1. The van der Waals surface area contributed by atoms with Gasteiger partial charge in [0.2, 0.25) is 0 Å². The third-order valence-electron chi connectivity index (χ3n) is 2.57. The standard InChI is InChI=1S/C12H15BrFNOS/c1-12(2,17(15)16)11(6-7-14)9-4-3-5-10(13)8-9/h3-6,8H,7,15H2,1-2H3. The maximum atomic E-state index is 12.6. The zero-order valence-corrected chi connectivity index (χ0v) is 12.1. The molecule has 1 rings (SSSR count). The van der Waals surface area contributed by atoms with Gasteiger partial charge in [0.05, 0.1) is 15.7 Å². The maximum Gasteiger partial charge on any atom is 0.108 e. The Kier molecular flexibility index (Phi) is 5.04.